The van der Waals surface area contributed by atoms with E-state index in [4.69, 9.17) is 5.73 Å². The van der Waals surface area contributed by atoms with Gasteiger partial charge in [-0.2, -0.15) is 0 Å². The van der Waals surface area contributed by atoms with Crippen molar-refractivity contribution in [1.29, 1.82) is 0 Å². The van der Waals surface area contributed by atoms with Crippen molar-refractivity contribution in [2.45, 2.75) is 32.6 Å². The molecule has 0 aromatic heterocycles. The summed E-state index contributed by atoms with van der Waals surface area (Å²) >= 11 is 0. The van der Waals surface area contributed by atoms with E-state index in [9.17, 15) is 0 Å². The van der Waals surface area contributed by atoms with Gasteiger partial charge in [-0.05, 0) is 56.0 Å². The molecule has 1 unspecified atom stereocenters. The van der Waals surface area contributed by atoms with E-state index in [-0.39, 0.29) is 0 Å². The zero-order valence-electron chi connectivity index (χ0n) is 10.9. The van der Waals surface area contributed by atoms with Crippen LogP contribution in [0.1, 0.15) is 31.7 Å². The van der Waals surface area contributed by atoms with Gasteiger partial charge in [-0.1, -0.05) is 25.5 Å². The van der Waals surface area contributed by atoms with E-state index in [2.05, 4.69) is 24.0 Å². The molecule has 1 aliphatic heterocycles. The number of rotatable bonds is 5. The van der Waals surface area contributed by atoms with Crippen LogP contribution in [0.5, 0.6) is 0 Å². The summed E-state index contributed by atoms with van der Waals surface area (Å²) in [7, 11) is 0. The van der Waals surface area contributed by atoms with Crippen LogP contribution in [0.15, 0.2) is 24.3 Å². The Kier molecular flexibility index (Phi) is 4.43. The number of hydrogen-bond acceptors (Lipinski definition) is 2. The molecule has 2 heteroatoms. The van der Waals surface area contributed by atoms with Gasteiger partial charge in [0.05, 0.1) is 0 Å². The summed E-state index contributed by atoms with van der Waals surface area (Å²) in [5.41, 5.74) is 7.95. The van der Waals surface area contributed by atoms with E-state index in [1.165, 1.54) is 50.9 Å². The number of nitrogens with zero attached hydrogens (tertiary/aromatic N) is 1. The topological polar surface area (TPSA) is 29.3 Å². The highest BCUT2D eigenvalue weighted by atomic mass is 15.1. The van der Waals surface area contributed by atoms with Crippen molar-refractivity contribution in [3.05, 3.63) is 29.8 Å². The average molecular weight is 232 g/mol. The third-order valence-corrected chi connectivity index (χ3v) is 3.87. The first-order valence-corrected chi connectivity index (χ1v) is 6.84. The Morgan fingerprint density at radius 2 is 2.06 bits per heavy atom. The number of anilines is 1. The first-order valence-electron chi connectivity index (χ1n) is 6.84. The van der Waals surface area contributed by atoms with Crippen LogP contribution in [0, 0.1) is 5.92 Å². The molecule has 1 aromatic carbocycles. The van der Waals surface area contributed by atoms with Crippen molar-refractivity contribution >= 4 is 5.69 Å². The second-order valence-corrected chi connectivity index (χ2v) is 5.21. The van der Waals surface area contributed by atoms with E-state index in [0.717, 1.165) is 11.6 Å². The van der Waals surface area contributed by atoms with Gasteiger partial charge in [-0.3, -0.25) is 0 Å². The molecule has 1 aliphatic rings. The van der Waals surface area contributed by atoms with Crippen molar-refractivity contribution in [3.8, 4) is 0 Å². The minimum atomic E-state index is 0.860. The number of aryl methyl sites for hydroxylation is 1. The molecule has 17 heavy (non-hydrogen) atoms. The van der Waals surface area contributed by atoms with Crippen molar-refractivity contribution in [3.63, 3.8) is 0 Å². The lowest BCUT2D eigenvalue weighted by Gasteiger charge is -2.15. The summed E-state index contributed by atoms with van der Waals surface area (Å²) in [6, 6.07) is 8.29. The van der Waals surface area contributed by atoms with Crippen molar-refractivity contribution in [2.75, 3.05) is 25.4 Å². The molecule has 0 amide bonds. The van der Waals surface area contributed by atoms with Gasteiger partial charge in [0.25, 0.3) is 0 Å². The van der Waals surface area contributed by atoms with Crippen LogP contribution in [0.2, 0.25) is 0 Å². The standard InChI is InChI=1S/C15H24N2/c1-2-13-9-11-17(12-13)10-3-4-14-5-7-15(16)8-6-14/h5-8,13H,2-4,9-12,16H2,1H3. The predicted molar refractivity (Wildman–Crippen MR) is 74.0 cm³/mol. The summed E-state index contributed by atoms with van der Waals surface area (Å²) in [5.74, 6) is 0.950. The van der Waals surface area contributed by atoms with Gasteiger partial charge in [-0.25, -0.2) is 0 Å². The molecular formula is C15H24N2. The molecule has 0 saturated carbocycles. The predicted octanol–water partition coefficient (Wildman–Crippen LogP) is 2.93. The van der Waals surface area contributed by atoms with E-state index in [1.807, 2.05) is 12.1 Å². The Morgan fingerprint density at radius 1 is 1.29 bits per heavy atom. The lowest BCUT2D eigenvalue weighted by atomic mass is 10.1. The number of nitrogens with two attached hydrogens (primary N) is 1. The van der Waals surface area contributed by atoms with Crippen LogP contribution < -0.4 is 5.73 Å². The molecule has 2 nitrogen and oxygen atoms in total. The van der Waals surface area contributed by atoms with E-state index < -0.39 is 0 Å². The molecule has 1 fully saturated rings. The fraction of sp³-hybridized carbons (Fsp3) is 0.600. The fourth-order valence-electron chi connectivity index (χ4n) is 2.64. The second-order valence-electron chi connectivity index (χ2n) is 5.21. The minimum Gasteiger partial charge on any atom is -0.399 e. The van der Waals surface area contributed by atoms with Crippen molar-refractivity contribution < 1.29 is 0 Å². The summed E-state index contributed by atoms with van der Waals surface area (Å²) in [6.07, 6.45) is 5.18. The monoisotopic (exact) mass is 232 g/mol. The molecule has 1 atom stereocenters. The summed E-state index contributed by atoms with van der Waals surface area (Å²) in [5, 5.41) is 0. The van der Waals surface area contributed by atoms with Crippen LogP contribution in [-0.2, 0) is 6.42 Å². The summed E-state index contributed by atoms with van der Waals surface area (Å²) in [6.45, 7) is 6.18. The van der Waals surface area contributed by atoms with E-state index >= 15 is 0 Å². The lowest BCUT2D eigenvalue weighted by molar-refractivity contribution is 0.318. The SMILES string of the molecule is CCC1CCN(CCCc2ccc(N)cc2)C1. The third kappa shape index (κ3) is 3.74. The highest BCUT2D eigenvalue weighted by Crippen LogP contribution is 2.19. The van der Waals surface area contributed by atoms with Gasteiger partial charge in [0.1, 0.15) is 0 Å². The lowest BCUT2D eigenvalue weighted by Crippen LogP contribution is -2.22. The van der Waals surface area contributed by atoms with Crippen molar-refractivity contribution in [1.82, 2.24) is 4.90 Å². The first-order chi connectivity index (χ1) is 8.28. The molecule has 0 spiro atoms. The normalized spacial score (nSPS) is 20.9. The van der Waals surface area contributed by atoms with Crippen molar-refractivity contribution in [2.24, 2.45) is 5.92 Å². The molecule has 94 valence electrons. The van der Waals surface area contributed by atoms with Gasteiger partial charge < -0.3 is 10.6 Å². The molecule has 2 N–H and O–H groups in total. The minimum absolute atomic E-state index is 0.860. The van der Waals surface area contributed by atoms with Gasteiger partial charge >= 0.3 is 0 Å². The summed E-state index contributed by atoms with van der Waals surface area (Å²) < 4.78 is 0. The molecule has 1 heterocycles. The Bertz CT molecular complexity index is 331. The molecule has 2 rings (SSSR count). The first kappa shape index (κ1) is 12.4. The van der Waals surface area contributed by atoms with Crippen LogP contribution >= 0.6 is 0 Å². The quantitative estimate of drug-likeness (QED) is 0.791. The Labute approximate surface area is 105 Å². The van der Waals surface area contributed by atoms with E-state index in [0.29, 0.717) is 0 Å². The maximum Gasteiger partial charge on any atom is 0.0314 e. The number of hydrogen-bond donors (Lipinski definition) is 1. The fourth-order valence-corrected chi connectivity index (χ4v) is 2.64. The highest BCUT2D eigenvalue weighted by molar-refractivity contribution is 5.39. The maximum absolute atomic E-state index is 5.68. The van der Waals surface area contributed by atoms with Crippen LogP contribution in [0.4, 0.5) is 5.69 Å². The number of likely N-dealkylation sites (tertiary alicyclic amines) is 1. The van der Waals surface area contributed by atoms with Crippen LogP contribution in [0.3, 0.4) is 0 Å². The molecular weight excluding hydrogens is 208 g/mol. The van der Waals surface area contributed by atoms with Gasteiger partial charge in [0.2, 0.25) is 0 Å². The number of nitrogen functional groups attached to an aromatic ring is 1. The zero-order chi connectivity index (χ0) is 12.1. The molecule has 1 aromatic rings. The summed E-state index contributed by atoms with van der Waals surface area (Å²) in [4.78, 5) is 2.62. The molecule has 0 aliphatic carbocycles. The van der Waals surface area contributed by atoms with Gasteiger partial charge in [-0.15, -0.1) is 0 Å². The molecule has 1 saturated heterocycles. The maximum atomic E-state index is 5.68. The zero-order valence-corrected chi connectivity index (χ0v) is 10.9. The Balaban J connectivity index is 1.68. The Morgan fingerprint density at radius 3 is 2.71 bits per heavy atom. The second kappa shape index (κ2) is 6.06. The average Bonchev–Trinajstić information content (AvgIpc) is 2.80. The number of benzene rings is 1. The highest BCUT2D eigenvalue weighted by Gasteiger charge is 2.19. The van der Waals surface area contributed by atoms with Gasteiger partial charge in [0.15, 0.2) is 0 Å². The smallest absolute Gasteiger partial charge is 0.0314 e. The van der Waals surface area contributed by atoms with Crippen LogP contribution in [0.25, 0.3) is 0 Å². The largest absolute Gasteiger partial charge is 0.399 e. The molecule has 0 radical (unpaired) electrons. The Hall–Kier alpha value is -1.02. The third-order valence-electron chi connectivity index (χ3n) is 3.87. The van der Waals surface area contributed by atoms with Gasteiger partial charge in [0, 0.05) is 12.2 Å². The molecule has 0 bridgehead atoms. The van der Waals surface area contributed by atoms with E-state index in [1.54, 1.807) is 0 Å². The van der Waals surface area contributed by atoms with Crippen LogP contribution in [-0.4, -0.2) is 24.5 Å².